The summed E-state index contributed by atoms with van der Waals surface area (Å²) in [6, 6.07) is 24.6. The van der Waals surface area contributed by atoms with Crippen LogP contribution in [0.15, 0.2) is 85.2 Å². The van der Waals surface area contributed by atoms with Gasteiger partial charge in [0.15, 0.2) is 5.82 Å². The highest BCUT2D eigenvalue weighted by atomic mass is 32.1. The zero-order valence-electron chi connectivity index (χ0n) is 26.0. The Kier molecular flexibility index (Phi) is 12.5. The molecule has 4 N–H and O–H groups in total. The Hall–Kier alpha value is -4.52. The summed E-state index contributed by atoms with van der Waals surface area (Å²) in [6.45, 7) is 5.71. The predicted octanol–water partition coefficient (Wildman–Crippen LogP) is 6.81. The normalized spacial score (nSPS) is 11.4. The molecule has 2 amide bonds. The summed E-state index contributed by atoms with van der Waals surface area (Å²) in [6.07, 6.45) is 3.13. The smallest absolute Gasteiger partial charge is 0.494 e. The number of rotatable bonds is 17. The molecule has 0 spiro atoms. The number of nitrogens with zero attached hydrogens (tertiary/aromatic N) is 4. The third-order valence-electron chi connectivity index (χ3n) is 7.19. The van der Waals surface area contributed by atoms with Gasteiger partial charge in [-0.3, -0.25) is 0 Å². The molecule has 0 aliphatic rings. The fourth-order valence-corrected chi connectivity index (χ4v) is 5.90. The Labute approximate surface area is 278 Å². The maximum absolute atomic E-state index is 12.3. The Morgan fingerprint density at radius 2 is 1.68 bits per heavy atom. The molecular weight excluding hydrogens is 637 g/mol. The van der Waals surface area contributed by atoms with E-state index in [2.05, 4.69) is 30.8 Å². The summed E-state index contributed by atoms with van der Waals surface area (Å²) in [5, 5.41) is 9.90. The van der Waals surface area contributed by atoms with E-state index < -0.39 is 8.25 Å². The topological polar surface area (TPSA) is 151 Å². The van der Waals surface area contributed by atoms with Crippen molar-refractivity contribution in [2.45, 2.75) is 19.8 Å². The number of hydrogen-bond donors (Lipinski definition) is 4. The van der Waals surface area contributed by atoms with Gasteiger partial charge in [-0.25, -0.2) is 19.7 Å². The van der Waals surface area contributed by atoms with Gasteiger partial charge >= 0.3 is 14.3 Å². The molecule has 0 fully saturated rings. The predicted molar refractivity (Wildman–Crippen MR) is 186 cm³/mol. The molecule has 5 rings (SSSR count). The Morgan fingerprint density at radius 3 is 2.40 bits per heavy atom. The first-order valence-corrected chi connectivity index (χ1v) is 17.2. The summed E-state index contributed by atoms with van der Waals surface area (Å²) in [5.74, 6) is 1.46. The van der Waals surface area contributed by atoms with E-state index in [1.807, 2.05) is 85.8 Å². The highest BCUT2D eigenvalue weighted by Gasteiger charge is 2.14. The lowest BCUT2D eigenvalue weighted by Gasteiger charge is -2.18. The molecule has 2 heterocycles. The Balaban J connectivity index is 1.08. The number of nitrogens with one attached hydrogen (secondary N) is 3. The average molecular weight is 675 g/mol. The van der Waals surface area contributed by atoms with Gasteiger partial charge in [-0.2, -0.15) is 0 Å². The number of aromatic nitrogens is 3. The summed E-state index contributed by atoms with van der Waals surface area (Å²) >= 11 is 1.51. The number of fused-ring (bicyclic) bond motifs is 1. The first-order valence-electron chi connectivity index (χ1n) is 15.3. The first-order chi connectivity index (χ1) is 23.0. The molecule has 47 heavy (non-hydrogen) atoms. The third kappa shape index (κ3) is 10.5. The van der Waals surface area contributed by atoms with Crippen LogP contribution in [0.25, 0.3) is 20.9 Å². The van der Waals surface area contributed by atoms with Gasteiger partial charge in [0.25, 0.3) is 0 Å². The number of carbonyl (C=O) groups is 1. The molecule has 0 bridgehead atoms. The van der Waals surface area contributed by atoms with Gasteiger partial charge in [0.05, 0.1) is 6.61 Å². The van der Waals surface area contributed by atoms with Gasteiger partial charge in [0, 0.05) is 41.1 Å². The standard InChI is InChI=1S/C33H36N7O5PS/c1-2-40(20-22-45-46(42)43)19-6-21-44-28-15-11-25(12-16-28)31-39-29-30(35-23-36-32(29)47-31)34-18-17-24-9-13-27(14-10-24)38-33(41)37-26-7-4-3-5-8-26/h3-5,7-16,23H,2,6,17-22H2,1H3,(H3-,34,35,36,37,38,41,42,43)/p+1. The van der Waals surface area contributed by atoms with E-state index in [9.17, 15) is 9.36 Å². The second kappa shape index (κ2) is 17.4. The highest BCUT2D eigenvalue weighted by Crippen LogP contribution is 2.32. The SMILES string of the molecule is CCN(CCCOc1ccc(-c2nc3c(NCCc4ccc(NC(=O)Nc5ccccc5)cc4)ncnc3s2)cc1)CCO[P+](=O)O. The number of likely N-dealkylation sites (N-methyl/N-ethyl adjacent to an activating group) is 1. The largest absolute Gasteiger partial charge is 0.694 e. The van der Waals surface area contributed by atoms with E-state index in [4.69, 9.17) is 19.1 Å². The minimum Gasteiger partial charge on any atom is -0.494 e. The number of thiazole rings is 1. The maximum Gasteiger partial charge on any atom is 0.694 e. The summed E-state index contributed by atoms with van der Waals surface area (Å²) in [4.78, 5) is 37.7. The van der Waals surface area contributed by atoms with E-state index in [-0.39, 0.29) is 12.6 Å². The molecule has 0 radical (unpaired) electrons. The minimum atomic E-state index is -2.55. The molecule has 5 aromatic rings. The monoisotopic (exact) mass is 674 g/mol. The minimum absolute atomic E-state index is 0.225. The molecule has 0 saturated carbocycles. The Bertz CT molecular complexity index is 1740. The number of benzene rings is 3. The number of urea groups is 1. The fourth-order valence-electron chi connectivity index (χ4n) is 4.75. The van der Waals surface area contributed by atoms with Crippen LogP contribution in [-0.2, 0) is 15.5 Å². The molecule has 0 aliphatic carbocycles. The molecule has 244 valence electrons. The molecule has 12 nitrogen and oxygen atoms in total. The zero-order valence-corrected chi connectivity index (χ0v) is 27.7. The van der Waals surface area contributed by atoms with Crippen LogP contribution < -0.4 is 20.7 Å². The van der Waals surface area contributed by atoms with Crippen LogP contribution in [0, 0.1) is 0 Å². The van der Waals surface area contributed by atoms with E-state index in [1.54, 1.807) is 6.33 Å². The quantitative estimate of drug-likeness (QED) is 0.0612. The second-order valence-corrected chi connectivity index (χ2v) is 12.2. The highest BCUT2D eigenvalue weighted by molar-refractivity contribution is 7.32. The van der Waals surface area contributed by atoms with Gasteiger partial charge in [0.1, 0.15) is 34.0 Å². The van der Waals surface area contributed by atoms with Gasteiger partial charge in [-0.05, 0) is 73.5 Å². The van der Waals surface area contributed by atoms with Crippen molar-refractivity contribution in [2.75, 3.05) is 55.3 Å². The molecule has 1 unspecified atom stereocenters. The van der Waals surface area contributed by atoms with Crippen LogP contribution in [0.5, 0.6) is 5.75 Å². The van der Waals surface area contributed by atoms with Gasteiger partial charge in [-0.15, -0.1) is 9.42 Å². The van der Waals surface area contributed by atoms with E-state index >= 15 is 0 Å². The van der Waals surface area contributed by atoms with Crippen LogP contribution in [0.4, 0.5) is 22.0 Å². The fraction of sp³-hybridized carbons (Fsp3) is 0.273. The number of para-hydroxylation sites is 1. The maximum atomic E-state index is 12.3. The van der Waals surface area contributed by atoms with Crippen LogP contribution in [0.1, 0.15) is 18.9 Å². The second-order valence-electron chi connectivity index (χ2n) is 10.4. The van der Waals surface area contributed by atoms with Crippen molar-refractivity contribution < 1.29 is 23.5 Å². The first kappa shape index (κ1) is 33.8. The van der Waals surface area contributed by atoms with Crippen molar-refractivity contribution in [3.63, 3.8) is 0 Å². The van der Waals surface area contributed by atoms with Crippen LogP contribution in [0.2, 0.25) is 0 Å². The zero-order chi connectivity index (χ0) is 32.8. The molecule has 1 atom stereocenters. The molecule has 14 heteroatoms. The molecular formula is C33H37N7O5PS+. The number of amides is 2. The van der Waals surface area contributed by atoms with Crippen molar-refractivity contribution in [3.05, 3.63) is 90.8 Å². The number of carbonyl (C=O) groups excluding carboxylic acids is 1. The summed E-state index contributed by atoms with van der Waals surface area (Å²) in [7, 11) is -2.55. The van der Waals surface area contributed by atoms with Crippen molar-refractivity contribution in [2.24, 2.45) is 0 Å². The van der Waals surface area contributed by atoms with Crippen molar-refractivity contribution in [3.8, 4) is 16.3 Å². The molecule has 2 aromatic heterocycles. The summed E-state index contributed by atoms with van der Waals surface area (Å²) in [5.41, 5.74) is 4.26. The van der Waals surface area contributed by atoms with Gasteiger partial charge < -0.3 is 25.6 Å². The molecule has 0 aliphatic heterocycles. The van der Waals surface area contributed by atoms with Crippen molar-refractivity contribution in [1.82, 2.24) is 19.9 Å². The van der Waals surface area contributed by atoms with Crippen molar-refractivity contribution in [1.29, 1.82) is 0 Å². The van der Waals surface area contributed by atoms with E-state index in [1.165, 1.54) is 11.3 Å². The van der Waals surface area contributed by atoms with Gasteiger partial charge in [0.2, 0.25) is 0 Å². The Morgan fingerprint density at radius 1 is 0.936 bits per heavy atom. The number of hydrogen-bond acceptors (Lipinski definition) is 10. The van der Waals surface area contributed by atoms with Gasteiger partial charge in [-0.1, -0.05) is 48.6 Å². The average Bonchev–Trinajstić information content (AvgIpc) is 3.53. The molecule has 0 saturated heterocycles. The third-order valence-corrected chi connectivity index (χ3v) is 8.61. The van der Waals surface area contributed by atoms with E-state index in [0.717, 1.165) is 63.8 Å². The van der Waals surface area contributed by atoms with Crippen LogP contribution >= 0.6 is 19.6 Å². The van der Waals surface area contributed by atoms with Crippen LogP contribution in [0.3, 0.4) is 0 Å². The number of ether oxygens (including phenoxy) is 1. The summed E-state index contributed by atoms with van der Waals surface area (Å²) < 4.78 is 21.3. The lowest BCUT2D eigenvalue weighted by atomic mass is 10.1. The molecule has 3 aromatic carbocycles. The lowest BCUT2D eigenvalue weighted by Crippen LogP contribution is -2.29. The number of anilines is 3. The van der Waals surface area contributed by atoms with E-state index in [0.29, 0.717) is 31.2 Å². The lowest BCUT2D eigenvalue weighted by molar-refractivity contribution is 0.194. The van der Waals surface area contributed by atoms with Crippen molar-refractivity contribution >= 4 is 53.2 Å². The van der Waals surface area contributed by atoms with Crippen LogP contribution in [-0.4, -0.2) is 70.2 Å².